The van der Waals surface area contributed by atoms with Gasteiger partial charge in [-0.2, -0.15) is 0 Å². The first kappa shape index (κ1) is 25.8. The third-order valence-electron chi connectivity index (χ3n) is 8.08. The number of aromatic hydroxyl groups is 2. The minimum atomic E-state index is 0.0305. The summed E-state index contributed by atoms with van der Waals surface area (Å²) in [6.07, 6.45) is 12.4. The van der Waals surface area contributed by atoms with Gasteiger partial charge in [-0.1, -0.05) is 68.3 Å². The standard InChI is InChI=1S/C32H38ClNO3/c33-26-11-16-30(32(36)22-26)34-18-17-25-21-27(35)12-15-29(25)31(34)20-24-9-13-28(14-10-24)37-19-5-4-8-23-6-2-1-3-7-23/h9-16,21-23,31,35-36H,1-8,17-20H2. The molecule has 0 aromatic heterocycles. The molecule has 0 bridgehead atoms. The van der Waals surface area contributed by atoms with Gasteiger partial charge in [0.2, 0.25) is 0 Å². The molecule has 37 heavy (non-hydrogen) atoms. The predicted molar refractivity (Wildman–Crippen MR) is 151 cm³/mol. The summed E-state index contributed by atoms with van der Waals surface area (Å²) >= 11 is 6.11. The van der Waals surface area contributed by atoms with Gasteiger partial charge in [-0.3, -0.25) is 0 Å². The molecule has 5 rings (SSSR count). The maximum atomic E-state index is 10.7. The largest absolute Gasteiger partial charge is 0.508 e. The van der Waals surface area contributed by atoms with E-state index in [1.165, 1.54) is 56.1 Å². The third kappa shape index (κ3) is 6.54. The number of phenols is 2. The van der Waals surface area contributed by atoms with Crippen molar-refractivity contribution in [1.29, 1.82) is 0 Å². The van der Waals surface area contributed by atoms with Crippen molar-refractivity contribution >= 4 is 17.3 Å². The second-order valence-corrected chi connectivity index (χ2v) is 11.1. The zero-order chi connectivity index (χ0) is 25.6. The van der Waals surface area contributed by atoms with Crippen molar-refractivity contribution in [3.8, 4) is 17.2 Å². The monoisotopic (exact) mass is 519 g/mol. The summed E-state index contributed by atoms with van der Waals surface area (Å²) in [5.41, 5.74) is 4.31. The summed E-state index contributed by atoms with van der Waals surface area (Å²) in [7, 11) is 0. The van der Waals surface area contributed by atoms with Crippen LogP contribution < -0.4 is 9.64 Å². The van der Waals surface area contributed by atoms with Gasteiger partial charge in [-0.15, -0.1) is 0 Å². The van der Waals surface area contributed by atoms with Crippen LogP contribution in [0.1, 0.15) is 74.1 Å². The number of hydrogen-bond acceptors (Lipinski definition) is 4. The number of hydrogen-bond donors (Lipinski definition) is 2. The Hall–Kier alpha value is -2.85. The van der Waals surface area contributed by atoms with Crippen LogP contribution in [0.4, 0.5) is 5.69 Å². The van der Waals surface area contributed by atoms with Crippen molar-refractivity contribution < 1.29 is 14.9 Å². The number of phenolic OH excluding ortho intramolecular Hbond substituents is 2. The van der Waals surface area contributed by atoms with Crippen LogP contribution in [0.15, 0.2) is 60.7 Å². The molecule has 0 saturated heterocycles. The van der Waals surface area contributed by atoms with E-state index < -0.39 is 0 Å². The molecule has 196 valence electrons. The molecular formula is C32H38ClNO3. The van der Waals surface area contributed by atoms with Gasteiger partial charge in [0, 0.05) is 17.6 Å². The fourth-order valence-electron chi connectivity index (χ4n) is 6.09. The second-order valence-electron chi connectivity index (χ2n) is 10.7. The Labute approximate surface area is 225 Å². The van der Waals surface area contributed by atoms with Crippen molar-refractivity contribution in [2.45, 2.75) is 70.3 Å². The SMILES string of the molecule is Oc1ccc2c(c1)CCN(c1ccc(Cl)cc1O)C2Cc1ccc(OCCCCC2CCCCC2)cc1. The fourth-order valence-corrected chi connectivity index (χ4v) is 6.26. The Balaban J connectivity index is 1.23. The highest BCUT2D eigenvalue weighted by atomic mass is 35.5. The zero-order valence-electron chi connectivity index (χ0n) is 21.5. The molecule has 1 atom stereocenters. The molecule has 3 aromatic rings. The van der Waals surface area contributed by atoms with Gasteiger partial charge in [-0.05, 0) is 84.7 Å². The van der Waals surface area contributed by atoms with Crippen LogP contribution in [0, 0.1) is 5.92 Å². The van der Waals surface area contributed by atoms with Gasteiger partial charge in [0.05, 0.1) is 18.3 Å². The lowest BCUT2D eigenvalue weighted by Gasteiger charge is -2.39. The summed E-state index contributed by atoms with van der Waals surface area (Å²) in [5, 5.41) is 21.2. The Morgan fingerprint density at radius 3 is 2.49 bits per heavy atom. The molecule has 5 heteroatoms. The van der Waals surface area contributed by atoms with Crippen LogP contribution in [0.3, 0.4) is 0 Å². The first-order valence-corrected chi connectivity index (χ1v) is 14.2. The molecule has 1 unspecified atom stereocenters. The lowest BCUT2D eigenvalue weighted by molar-refractivity contribution is 0.283. The van der Waals surface area contributed by atoms with Gasteiger partial charge in [0.25, 0.3) is 0 Å². The highest BCUT2D eigenvalue weighted by molar-refractivity contribution is 6.30. The number of ether oxygens (including phenoxy) is 1. The molecule has 2 aliphatic rings. The lowest BCUT2D eigenvalue weighted by atomic mass is 9.86. The fraction of sp³-hybridized carbons (Fsp3) is 0.438. The van der Waals surface area contributed by atoms with Crippen LogP contribution in [0.2, 0.25) is 5.02 Å². The molecule has 1 aliphatic heterocycles. The topological polar surface area (TPSA) is 52.9 Å². The van der Waals surface area contributed by atoms with Gasteiger partial charge >= 0.3 is 0 Å². The summed E-state index contributed by atoms with van der Waals surface area (Å²) in [4.78, 5) is 2.25. The van der Waals surface area contributed by atoms with Gasteiger partial charge < -0.3 is 19.8 Å². The Kier molecular flexibility index (Phi) is 8.45. The van der Waals surface area contributed by atoms with E-state index in [-0.39, 0.29) is 11.8 Å². The second kappa shape index (κ2) is 12.1. The molecule has 3 aromatic carbocycles. The van der Waals surface area contributed by atoms with E-state index in [9.17, 15) is 10.2 Å². The summed E-state index contributed by atoms with van der Waals surface area (Å²) in [6.45, 7) is 1.52. The summed E-state index contributed by atoms with van der Waals surface area (Å²) in [5.74, 6) is 2.34. The van der Waals surface area contributed by atoms with Gasteiger partial charge in [0.1, 0.15) is 17.2 Å². The number of nitrogens with zero attached hydrogens (tertiary/aromatic N) is 1. The van der Waals surface area contributed by atoms with E-state index in [1.54, 1.807) is 12.1 Å². The average Bonchev–Trinajstić information content (AvgIpc) is 2.90. The first-order valence-electron chi connectivity index (χ1n) is 13.9. The Morgan fingerprint density at radius 1 is 0.892 bits per heavy atom. The van der Waals surface area contributed by atoms with Crippen molar-refractivity contribution in [2.75, 3.05) is 18.1 Å². The number of rotatable bonds is 9. The van der Waals surface area contributed by atoms with Gasteiger partial charge in [-0.25, -0.2) is 0 Å². The molecule has 2 N–H and O–H groups in total. The smallest absolute Gasteiger partial charge is 0.140 e. The number of anilines is 1. The Morgan fingerprint density at radius 2 is 1.70 bits per heavy atom. The summed E-state index contributed by atoms with van der Waals surface area (Å²) < 4.78 is 6.04. The number of benzene rings is 3. The van der Waals surface area contributed by atoms with E-state index in [0.29, 0.717) is 10.8 Å². The van der Waals surface area contributed by atoms with Crippen molar-refractivity contribution in [3.63, 3.8) is 0 Å². The molecule has 1 saturated carbocycles. The van der Waals surface area contributed by atoms with Crippen LogP contribution >= 0.6 is 11.6 Å². The Bertz CT molecular complexity index is 1170. The molecule has 0 spiro atoms. The zero-order valence-corrected chi connectivity index (χ0v) is 22.3. The molecule has 1 fully saturated rings. The maximum absolute atomic E-state index is 10.7. The highest BCUT2D eigenvalue weighted by Gasteiger charge is 2.29. The van der Waals surface area contributed by atoms with E-state index in [2.05, 4.69) is 29.2 Å². The molecular weight excluding hydrogens is 482 g/mol. The van der Waals surface area contributed by atoms with Crippen LogP contribution in [0.25, 0.3) is 0 Å². The summed E-state index contributed by atoms with van der Waals surface area (Å²) in [6, 6.07) is 19.4. The van der Waals surface area contributed by atoms with Crippen molar-refractivity contribution in [2.24, 2.45) is 5.92 Å². The van der Waals surface area contributed by atoms with Gasteiger partial charge in [0.15, 0.2) is 0 Å². The van der Waals surface area contributed by atoms with Crippen LogP contribution in [-0.2, 0) is 12.8 Å². The third-order valence-corrected chi connectivity index (χ3v) is 8.32. The average molecular weight is 520 g/mol. The molecule has 1 heterocycles. The van der Waals surface area contributed by atoms with E-state index in [1.807, 2.05) is 24.3 Å². The maximum Gasteiger partial charge on any atom is 0.140 e. The van der Waals surface area contributed by atoms with Crippen LogP contribution in [0.5, 0.6) is 17.2 Å². The van der Waals surface area contributed by atoms with Crippen molar-refractivity contribution in [1.82, 2.24) is 0 Å². The molecule has 1 aliphatic carbocycles. The van der Waals surface area contributed by atoms with Crippen LogP contribution in [-0.4, -0.2) is 23.4 Å². The van der Waals surface area contributed by atoms with E-state index in [0.717, 1.165) is 55.3 Å². The minimum Gasteiger partial charge on any atom is -0.508 e. The number of unbranched alkanes of at least 4 members (excludes halogenated alkanes) is 1. The van der Waals surface area contributed by atoms with Crippen molar-refractivity contribution in [3.05, 3.63) is 82.4 Å². The van der Waals surface area contributed by atoms with E-state index >= 15 is 0 Å². The minimum absolute atomic E-state index is 0.0305. The lowest BCUT2D eigenvalue weighted by Crippen LogP contribution is -2.36. The number of fused-ring (bicyclic) bond motifs is 1. The highest BCUT2D eigenvalue weighted by Crippen LogP contribution is 2.41. The molecule has 4 nitrogen and oxygen atoms in total. The normalized spacial score (nSPS) is 18.0. The molecule has 0 radical (unpaired) electrons. The predicted octanol–water partition coefficient (Wildman–Crippen LogP) is 8.23. The number of halogens is 1. The first-order chi connectivity index (χ1) is 18.1. The molecule has 0 amide bonds. The quantitative estimate of drug-likeness (QED) is 0.279. The van der Waals surface area contributed by atoms with E-state index in [4.69, 9.17) is 16.3 Å².